The number of aromatic nitrogens is 1. The maximum atomic E-state index is 4.82. The van der Waals surface area contributed by atoms with Crippen molar-refractivity contribution in [2.45, 2.75) is 46.6 Å². The number of thiazole rings is 1. The first kappa shape index (κ1) is 14.3. The van der Waals surface area contributed by atoms with E-state index in [-0.39, 0.29) is 0 Å². The van der Waals surface area contributed by atoms with Crippen LogP contribution in [0.25, 0.3) is 0 Å². The Bertz CT molecular complexity index is 443. The van der Waals surface area contributed by atoms with Crippen molar-refractivity contribution in [3.63, 3.8) is 0 Å². The molecule has 0 spiro atoms. The first-order valence-corrected chi connectivity index (χ1v) is 8.87. The summed E-state index contributed by atoms with van der Waals surface area (Å²) in [5, 5.41) is 4.80. The van der Waals surface area contributed by atoms with Crippen LogP contribution in [-0.4, -0.2) is 24.6 Å². The lowest BCUT2D eigenvalue weighted by molar-refractivity contribution is 0.494. The van der Waals surface area contributed by atoms with Crippen LogP contribution in [0.4, 0.5) is 5.13 Å². The van der Waals surface area contributed by atoms with E-state index in [1.54, 1.807) is 0 Å². The van der Waals surface area contributed by atoms with Gasteiger partial charge < -0.3 is 10.2 Å². The molecule has 3 rings (SSSR count). The number of hydrogen-bond acceptors (Lipinski definition) is 4. The summed E-state index contributed by atoms with van der Waals surface area (Å²) in [6, 6.07) is 0. The second kappa shape index (κ2) is 6.02. The van der Waals surface area contributed by atoms with Crippen molar-refractivity contribution < 1.29 is 0 Å². The van der Waals surface area contributed by atoms with Gasteiger partial charge in [0.2, 0.25) is 0 Å². The van der Waals surface area contributed by atoms with E-state index in [4.69, 9.17) is 4.98 Å². The summed E-state index contributed by atoms with van der Waals surface area (Å²) in [4.78, 5) is 8.78. The summed E-state index contributed by atoms with van der Waals surface area (Å²) in [6.45, 7) is 11.2. The van der Waals surface area contributed by atoms with Gasteiger partial charge in [-0.1, -0.05) is 20.3 Å². The third kappa shape index (κ3) is 3.01. The van der Waals surface area contributed by atoms with Gasteiger partial charge in [-0.2, -0.15) is 0 Å². The van der Waals surface area contributed by atoms with Crippen LogP contribution >= 0.6 is 11.3 Å². The van der Waals surface area contributed by atoms with Gasteiger partial charge in [-0.15, -0.1) is 11.3 Å². The van der Waals surface area contributed by atoms with Gasteiger partial charge in [-0.3, -0.25) is 0 Å². The fourth-order valence-electron chi connectivity index (χ4n) is 3.58. The van der Waals surface area contributed by atoms with Crippen LogP contribution < -0.4 is 10.2 Å². The van der Waals surface area contributed by atoms with Gasteiger partial charge in [0.05, 0.1) is 5.69 Å². The zero-order valence-corrected chi connectivity index (χ0v) is 13.8. The largest absolute Gasteiger partial charge is 0.348 e. The lowest BCUT2D eigenvalue weighted by Gasteiger charge is -2.15. The summed E-state index contributed by atoms with van der Waals surface area (Å²) >= 11 is 1.90. The quantitative estimate of drug-likeness (QED) is 0.901. The minimum Gasteiger partial charge on any atom is -0.348 e. The summed E-state index contributed by atoms with van der Waals surface area (Å²) in [5.74, 6) is 2.60. The molecule has 1 saturated carbocycles. The fourth-order valence-corrected chi connectivity index (χ4v) is 4.63. The average molecular weight is 293 g/mol. The molecule has 0 amide bonds. The number of fused-ring (bicyclic) bond motifs is 1. The SMILES string of the molecule is Cc1nc(N2CC3CCCC3C2)sc1CNCC(C)C. The van der Waals surface area contributed by atoms with E-state index in [0.29, 0.717) is 5.92 Å². The summed E-state index contributed by atoms with van der Waals surface area (Å²) in [6.07, 6.45) is 4.33. The van der Waals surface area contributed by atoms with E-state index < -0.39 is 0 Å². The van der Waals surface area contributed by atoms with Gasteiger partial charge in [0.1, 0.15) is 0 Å². The Morgan fingerprint density at radius 1 is 1.30 bits per heavy atom. The zero-order chi connectivity index (χ0) is 14.1. The van der Waals surface area contributed by atoms with Crippen molar-refractivity contribution in [2.75, 3.05) is 24.5 Å². The highest BCUT2D eigenvalue weighted by atomic mass is 32.1. The molecule has 2 fully saturated rings. The molecule has 1 aromatic heterocycles. The first-order chi connectivity index (χ1) is 9.63. The number of aryl methyl sites for hydroxylation is 1. The third-order valence-electron chi connectivity index (χ3n) is 4.72. The molecule has 2 atom stereocenters. The molecule has 4 heteroatoms. The van der Waals surface area contributed by atoms with E-state index in [0.717, 1.165) is 24.9 Å². The van der Waals surface area contributed by atoms with Crippen LogP contribution in [-0.2, 0) is 6.54 Å². The number of nitrogens with zero attached hydrogens (tertiary/aromatic N) is 2. The summed E-state index contributed by atoms with van der Waals surface area (Å²) < 4.78 is 0. The molecule has 0 aromatic carbocycles. The van der Waals surface area contributed by atoms with Gasteiger partial charge in [0.15, 0.2) is 5.13 Å². The highest BCUT2D eigenvalue weighted by Gasteiger charge is 2.37. The van der Waals surface area contributed by atoms with Crippen molar-refractivity contribution in [3.05, 3.63) is 10.6 Å². The van der Waals surface area contributed by atoms with Gasteiger partial charge >= 0.3 is 0 Å². The highest BCUT2D eigenvalue weighted by molar-refractivity contribution is 7.15. The number of nitrogens with one attached hydrogen (secondary N) is 1. The molecule has 1 aromatic rings. The fraction of sp³-hybridized carbons (Fsp3) is 0.812. The molecule has 1 aliphatic heterocycles. The van der Waals surface area contributed by atoms with E-state index in [1.807, 2.05) is 11.3 Å². The van der Waals surface area contributed by atoms with E-state index in [2.05, 4.69) is 31.0 Å². The van der Waals surface area contributed by atoms with E-state index in [9.17, 15) is 0 Å². The molecule has 2 unspecified atom stereocenters. The molecule has 0 bridgehead atoms. The topological polar surface area (TPSA) is 28.2 Å². The van der Waals surface area contributed by atoms with Crippen molar-refractivity contribution >= 4 is 16.5 Å². The molecule has 1 aliphatic carbocycles. The molecule has 2 heterocycles. The lowest BCUT2D eigenvalue weighted by Crippen LogP contribution is -2.20. The number of hydrogen-bond donors (Lipinski definition) is 1. The predicted octanol–water partition coefficient (Wildman–Crippen LogP) is 3.43. The van der Waals surface area contributed by atoms with Crippen molar-refractivity contribution in [3.8, 4) is 0 Å². The molecule has 1 saturated heterocycles. The smallest absolute Gasteiger partial charge is 0.185 e. The molecular weight excluding hydrogens is 266 g/mol. The van der Waals surface area contributed by atoms with Gasteiger partial charge in [0, 0.05) is 24.5 Å². The summed E-state index contributed by atoms with van der Waals surface area (Å²) in [7, 11) is 0. The van der Waals surface area contributed by atoms with Crippen LogP contribution in [0, 0.1) is 24.7 Å². The van der Waals surface area contributed by atoms with Gasteiger partial charge in [0.25, 0.3) is 0 Å². The average Bonchev–Trinajstić information content (AvgIpc) is 3.03. The molecule has 2 aliphatic rings. The second-order valence-corrected chi connectivity index (χ2v) is 7.95. The van der Waals surface area contributed by atoms with Gasteiger partial charge in [-0.25, -0.2) is 4.98 Å². The maximum Gasteiger partial charge on any atom is 0.185 e. The molecule has 3 nitrogen and oxygen atoms in total. The second-order valence-electron chi connectivity index (χ2n) is 6.89. The highest BCUT2D eigenvalue weighted by Crippen LogP contribution is 2.40. The molecule has 20 heavy (non-hydrogen) atoms. The Morgan fingerprint density at radius 2 is 2.00 bits per heavy atom. The van der Waals surface area contributed by atoms with Crippen LogP contribution in [0.5, 0.6) is 0 Å². The molecular formula is C16H27N3S. The Kier molecular flexibility index (Phi) is 4.32. The first-order valence-electron chi connectivity index (χ1n) is 8.05. The summed E-state index contributed by atoms with van der Waals surface area (Å²) in [5.41, 5.74) is 1.22. The molecule has 1 N–H and O–H groups in total. The van der Waals surface area contributed by atoms with Crippen molar-refractivity contribution in [1.29, 1.82) is 0 Å². The predicted molar refractivity (Wildman–Crippen MR) is 86.4 cm³/mol. The normalized spacial score (nSPS) is 25.7. The zero-order valence-electron chi connectivity index (χ0n) is 13.0. The Labute approximate surface area is 126 Å². The van der Waals surface area contributed by atoms with E-state index in [1.165, 1.54) is 48.1 Å². The minimum atomic E-state index is 0.709. The molecule has 0 radical (unpaired) electrons. The van der Waals surface area contributed by atoms with Crippen LogP contribution in [0.15, 0.2) is 0 Å². The van der Waals surface area contributed by atoms with Crippen LogP contribution in [0.3, 0.4) is 0 Å². The number of anilines is 1. The minimum absolute atomic E-state index is 0.709. The maximum absolute atomic E-state index is 4.82. The number of rotatable bonds is 5. The van der Waals surface area contributed by atoms with Gasteiger partial charge in [-0.05, 0) is 44.1 Å². The van der Waals surface area contributed by atoms with Crippen LogP contribution in [0.1, 0.15) is 43.7 Å². The molecule has 112 valence electrons. The van der Waals surface area contributed by atoms with Crippen LogP contribution in [0.2, 0.25) is 0 Å². The monoisotopic (exact) mass is 293 g/mol. The van der Waals surface area contributed by atoms with Crippen molar-refractivity contribution in [2.24, 2.45) is 17.8 Å². The lowest BCUT2D eigenvalue weighted by atomic mass is 10.0. The van der Waals surface area contributed by atoms with E-state index >= 15 is 0 Å². The standard InChI is InChI=1S/C16H27N3S/c1-11(2)7-17-8-15-12(3)18-16(20-15)19-9-13-5-4-6-14(13)10-19/h11,13-14,17H,4-10H2,1-3H3. The third-order valence-corrected chi connectivity index (χ3v) is 5.93. The Balaban J connectivity index is 1.60. The van der Waals surface area contributed by atoms with Crippen molar-refractivity contribution in [1.82, 2.24) is 10.3 Å². The Hall–Kier alpha value is -0.610. The Morgan fingerprint density at radius 3 is 2.65 bits per heavy atom.